The number of rotatable bonds is 4. The number of hydrogen-bond acceptors (Lipinski definition) is 5. The van der Waals surface area contributed by atoms with E-state index in [1.807, 2.05) is 0 Å². The SMILES string of the molecule is COC(=O)Cc1nc(C)cc(CN)c1OC(F)(F)F. The highest BCUT2D eigenvalue weighted by Gasteiger charge is 2.34. The highest BCUT2D eigenvalue weighted by molar-refractivity contribution is 5.73. The van der Waals surface area contributed by atoms with Crippen molar-refractivity contribution in [3.63, 3.8) is 0 Å². The second-order valence-corrected chi connectivity index (χ2v) is 3.70. The van der Waals surface area contributed by atoms with Crippen molar-refractivity contribution in [1.82, 2.24) is 4.98 Å². The van der Waals surface area contributed by atoms with Gasteiger partial charge in [0.2, 0.25) is 0 Å². The van der Waals surface area contributed by atoms with Crippen LogP contribution in [-0.2, 0) is 22.5 Å². The number of carbonyl (C=O) groups excluding carboxylic acids is 1. The zero-order chi connectivity index (χ0) is 14.6. The molecule has 0 amide bonds. The molecule has 1 rings (SSSR count). The zero-order valence-corrected chi connectivity index (χ0v) is 10.4. The van der Waals surface area contributed by atoms with Crippen LogP contribution in [0.1, 0.15) is 17.0 Å². The monoisotopic (exact) mass is 278 g/mol. The fourth-order valence-electron chi connectivity index (χ4n) is 1.52. The minimum Gasteiger partial charge on any atom is -0.469 e. The lowest BCUT2D eigenvalue weighted by Crippen LogP contribution is -2.21. The number of alkyl halides is 3. The Morgan fingerprint density at radius 2 is 2.11 bits per heavy atom. The van der Waals surface area contributed by atoms with Crippen LogP contribution in [0.2, 0.25) is 0 Å². The van der Waals surface area contributed by atoms with E-state index in [4.69, 9.17) is 5.73 Å². The predicted molar refractivity (Wildman–Crippen MR) is 59.3 cm³/mol. The third kappa shape index (κ3) is 4.40. The van der Waals surface area contributed by atoms with E-state index in [2.05, 4.69) is 14.5 Å². The molecular weight excluding hydrogens is 265 g/mol. The molecule has 0 radical (unpaired) electrons. The average Bonchev–Trinajstić information content (AvgIpc) is 2.30. The lowest BCUT2D eigenvalue weighted by molar-refractivity contribution is -0.275. The van der Waals surface area contributed by atoms with Gasteiger partial charge in [-0.3, -0.25) is 9.78 Å². The Morgan fingerprint density at radius 1 is 1.47 bits per heavy atom. The molecule has 2 N–H and O–H groups in total. The summed E-state index contributed by atoms with van der Waals surface area (Å²) in [7, 11) is 1.13. The number of methoxy groups -OCH3 is 1. The molecule has 1 heterocycles. The third-order valence-corrected chi connectivity index (χ3v) is 2.23. The summed E-state index contributed by atoms with van der Waals surface area (Å²) in [4.78, 5) is 15.1. The Balaban J connectivity index is 3.25. The topological polar surface area (TPSA) is 74.4 Å². The highest BCUT2D eigenvalue weighted by atomic mass is 19.4. The van der Waals surface area contributed by atoms with Crippen LogP contribution in [0.25, 0.3) is 0 Å². The molecule has 0 bridgehead atoms. The van der Waals surface area contributed by atoms with Crippen LogP contribution in [0.3, 0.4) is 0 Å². The molecule has 1 aromatic heterocycles. The molecule has 0 saturated heterocycles. The Labute approximate surface area is 107 Å². The number of aromatic nitrogens is 1. The van der Waals surface area contributed by atoms with E-state index in [1.54, 1.807) is 6.92 Å². The smallest absolute Gasteiger partial charge is 0.469 e. The number of esters is 1. The summed E-state index contributed by atoms with van der Waals surface area (Å²) in [5.41, 5.74) is 5.80. The first-order valence-corrected chi connectivity index (χ1v) is 5.29. The van der Waals surface area contributed by atoms with Crippen LogP contribution in [0.15, 0.2) is 6.07 Å². The van der Waals surface area contributed by atoms with Crippen molar-refractivity contribution in [2.75, 3.05) is 7.11 Å². The van der Waals surface area contributed by atoms with E-state index >= 15 is 0 Å². The number of ether oxygens (including phenoxy) is 2. The normalized spacial score (nSPS) is 11.3. The maximum atomic E-state index is 12.4. The van der Waals surface area contributed by atoms with Gasteiger partial charge in [0, 0.05) is 17.8 Å². The molecule has 0 saturated carbocycles. The van der Waals surface area contributed by atoms with Crippen molar-refractivity contribution < 1.29 is 27.4 Å². The van der Waals surface area contributed by atoms with Gasteiger partial charge in [0.25, 0.3) is 0 Å². The standard InChI is InChI=1S/C11H13F3N2O3/c1-6-3-7(5-15)10(19-11(12,13)14)8(16-6)4-9(17)18-2/h3H,4-5,15H2,1-2H3. The molecule has 5 nitrogen and oxygen atoms in total. The molecule has 0 unspecified atom stereocenters. The number of halogens is 3. The maximum absolute atomic E-state index is 12.4. The predicted octanol–water partition coefficient (Wildman–Crippen LogP) is 1.46. The first kappa shape index (κ1) is 15.2. The lowest BCUT2D eigenvalue weighted by atomic mass is 10.1. The fraction of sp³-hybridized carbons (Fsp3) is 0.455. The van der Waals surface area contributed by atoms with Gasteiger partial charge in [0.05, 0.1) is 19.2 Å². The third-order valence-electron chi connectivity index (χ3n) is 2.23. The fourth-order valence-corrected chi connectivity index (χ4v) is 1.52. The molecule has 8 heteroatoms. The minimum atomic E-state index is -4.88. The average molecular weight is 278 g/mol. The van der Waals surface area contributed by atoms with Crippen LogP contribution in [0.4, 0.5) is 13.2 Å². The first-order valence-electron chi connectivity index (χ1n) is 5.29. The van der Waals surface area contributed by atoms with Gasteiger partial charge in [0.15, 0.2) is 5.75 Å². The van der Waals surface area contributed by atoms with E-state index < -0.39 is 24.5 Å². The van der Waals surface area contributed by atoms with Gasteiger partial charge in [-0.1, -0.05) is 0 Å². The van der Waals surface area contributed by atoms with Gasteiger partial charge in [-0.2, -0.15) is 0 Å². The van der Waals surface area contributed by atoms with Gasteiger partial charge in [-0.05, 0) is 13.0 Å². The van der Waals surface area contributed by atoms with E-state index in [1.165, 1.54) is 6.07 Å². The number of pyridine rings is 1. The molecule has 0 aliphatic heterocycles. The van der Waals surface area contributed by atoms with E-state index in [9.17, 15) is 18.0 Å². The van der Waals surface area contributed by atoms with Crippen molar-refractivity contribution >= 4 is 5.97 Å². The van der Waals surface area contributed by atoms with Crippen molar-refractivity contribution in [2.24, 2.45) is 5.73 Å². The largest absolute Gasteiger partial charge is 0.573 e. The molecule has 106 valence electrons. The highest BCUT2D eigenvalue weighted by Crippen LogP contribution is 2.30. The molecule has 0 fully saturated rings. The molecular formula is C11H13F3N2O3. The quantitative estimate of drug-likeness (QED) is 0.844. The molecule has 0 aromatic carbocycles. The number of nitrogens with two attached hydrogens (primary N) is 1. The van der Waals surface area contributed by atoms with Crippen LogP contribution in [-0.4, -0.2) is 24.4 Å². The van der Waals surface area contributed by atoms with Gasteiger partial charge in [-0.25, -0.2) is 0 Å². The molecule has 0 atom stereocenters. The summed E-state index contributed by atoms with van der Waals surface area (Å²) < 4.78 is 45.4. The molecule has 0 aliphatic carbocycles. The van der Waals surface area contributed by atoms with Crippen molar-refractivity contribution in [1.29, 1.82) is 0 Å². The number of nitrogens with zero attached hydrogens (tertiary/aromatic N) is 1. The number of aryl methyl sites for hydroxylation is 1. The van der Waals surface area contributed by atoms with Crippen LogP contribution in [0.5, 0.6) is 5.75 Å². The molecule has 19 heavy (non-hydrogen) atoms. The number of carbonyl (C=O) groups is 1. The Morgan fingerprint density at radius 3 is 2.58 bits per heavy atom. The summed E-state index contributed by atoms with van der Waals surface area (Å²) in [6.45, 7) is 1.42. The Hall–Kier alpha value is -1.83. The van der Waals surface area contributed by atoms with Crippen molar-refractivity contribution in [3.8, 4) is 5.75 Å². The summed E-state index contributed by atoms with van der Waals surface area (Å²) in [6, 6.07) is 1.38. The van der Waals surface area contributed by atoms with E-state index in [0.29, 0.717) is 5.69 Å². The van der Waals surface area contributed by atoms with Crippen LogP contribution < -0.4 is 10.5 Å². The molecule has 1 aromatic rings. The lowest BCUT2D eigenvalue weighted by Gasteiger charge is -2.16. The summed E-state index contributed by atoms with van der Waals surface area (Å²) in [6.07, 6.45) is -5.30. The van der Waals surface area contributed by atoms with Gasteiger partial charge in [0.1, 0.15) is 0 Å². The van der Waals surface area contributed by atoms with Gasteiger partial charge in [-0.15, -0.1) is 13.2 Å². The molecule has 0 aliphatic rings. The number of hydrogen-bond donors (Lipinski definition) is 1. The second-order valence-electron chi connectivity index (χ2n) is 3.70. The van der Waals surface area contributed by atoms with Gasteiger partial charge >= 0.3 is 12.3 Å². The van der Waals surface area contributed by atoms with Crippen LogP contribution >= 0.6 is 0 Å². The van der Waals surface area contributed by atoms with Crippen molar-refractivity contribution in [2.45, 2.75) is 26.3 Å². The Bertz CT molecular complexity index is 475. The minimum absolute atomic E-state index is 0.128. The maximum Gasteiger partial charge on any atom is 0.573 e. The Kier molecular flexibility index (Phi) is 4.71. The van der Waals surface area contributed by atoms with Crippen molar-refractivity contribution in [3.05, 3.63) is 23.0 Å². The zero-order valence-electron chi connectivity index (χ0n) is 10.4. The summed E-state index contributed by atoms with van der Waals surface area (Å²) >= 11 is 0. The second kappa shape index (κ2) is 5.87. The summed E-state index contributed by atoms with van der Waals surface area (Å²) in [5.74, 6) is -1.25. The van der Waals surface area contributed by atoms with E-state index in [-0.39, 0.29) is 17.8 Å². The van der Waals surface area contributed by atoms with Gasteiger partial charge < -0.3 is 15.2 Å². The van der Waals surface area contributed by atoms with Crippen LogP contribution in [0, 0.1) is 6.92 Å². The first-order chi connectivity index (χ1) is 8.76. The van der Waals surface area contributed by atoms with E-state index in [0.717, 1.165) is 7.11 Å². The summed E-state index contributed by atoms with van der Waals surface area (Å²) in [5, 5.41) is 0. The molecule has 0 spiro atoms.